The standard InChI is InChI=1S/C29H32FN4O6PS/c1-16-9-10-31-13-21(16)19-14-33(15-19)29(37)23-7-6-20-3-2-4-22(28(36)34(20)23)32-27(35)25-12-18-11-17(5-8-24(18)42-25)26(30)41(38,39)40/h5,8-13,19-20,22-23,26H,2-4,6-7,14-15H2,1H3,(H,32,35)(H2,38,39,40)/t20-,22-,23-,26+/m0/s1. The number of hydrogen-bond acceptors (Lipinski definition) is 6. The van der Waals surface area contributed by atoms with Crippen LogP contribution < -0.4 is 5.32 Å². The van der Waals surface area contributed by atoms with E-state index in [0.717, 1.165) is 41.7 Å². The Hall–Kier alpha value is -3.18. The molecular weight excluding hydrogens is 582 g/mol. The highest BCUT2D eigenvalue weighted by Gasteiger charge is 2.47. The third kappa shape index (κ3) is 5.37. The smallest absolute Gasteiger partial charge is 0.340 e. The molecule has 42 heavy (non-hydrogen) atoms. The second kappa shape index (κ2) is 11.1. The minimum Gasteiger partial charge on any atom is -0.340 e. The van der Waals surface area contributed by atoms with Crippen molar-refractivity contribution >= 4 is 46.7 Å². The molecule has 6 rings (SSSR count). The third-order valence-electron chi connectivity index (χ3n) is 8.72. The lowest BCUT2D eigenvalue weighted by Gasteiger charge is -2.43. The Balaban J connectivity index is 1.14. The SMILES string of the molecule is Cc1ccncc1C1CN(C(=O)[C@@H]2CC[C@@H]3CCC[C@H](NC(=O)c4cc5cc([C@H](F)P(=O)(O)O)ccc5s4)C(=O)N32)C1. The van der Waals surface area contributed by atoms with E-state index in [2.05, 4.69) is 10.3 Å². The van der Waals surface area contributed by atoms with E-state index in [0.29, 0.717) is 40.9 Å². The molecule has 1 aromatic carbocycles. The van der Waals surface area contributed by atoms with E-state index in [9.17, 15) is 33.1 Å². The van der Waals surface area contributed by atoms with Crippen LogP contribution >= 0.6 is 18.9 Å². The van der Waals surface area contributed by atoms with E-state index in [1.54, 1.807) is 11.1 Å². The fraction of sp³-hybridized carbons (Fsp3) is 0.448. The first kappa shape index (κ1) is 28.9. The number of hydrogen-bond donors (Lipinski definition) is 3. The lowest BCUT2D eigenvalue weighted by Crippen LogP contribution is -2.58. The topological polar surface area (TPSA) is 140 Å². The molecular formula is C29H32FN4O6PS. The van der Waals surface area contributed by atoms with Crippen molar-refractivity contribution in [2.24, 2.45) is 0 Å². The zero-order valence-electron chi connectivity index (χ0n) is 23.0. The zero-order chi connectivity index (χ0) is 29.8. The molecule has 0 radical (unpaired) electrons. The molecule has 3 fully saturated rings. The Labute approximate surface area is 246 Å². The predicted octanol–water partition coefficient (Wildman–Crippen LogP) is 4.02. The van der Waals surface area contributed by atoms with Crippen LogP contribution in [0.2, 0.25) is 0 Å². The Morgan fingerprint density at radius 3 is 2.67 bits per heavy atom. The second-order valence-electron chi connectivity index (χ2n) is 11.5. The van der Waals surface area contributed by atoms with Gasteiger partial charge in [0.15, 0.2) is 0 Å². The number of rotatable bonds is 6. The van der Waals surface area contributed by atoms with Gasteiger partial charge in [-0.15, -0.1) is 11.3 Å². The van der Waals surface area contributed by atoms with Crippen LogP contribution in [-0.2, 0) is 14.2 Å². The molecule has 3 amide bonds. The van der Waals surface area contributed by atoms with Crippen molar-refractivity contribution < 1.29 is 33.1 Å². The Morgan fingerprint density at radius 2 is 1.93 bits per heavy atom. The van der Waals surface area contributed by atoms with Crippen molar-refractivity contribution in [1.29, 1.82) is 0 Å². The fourth-order valence-corrected chi connectivity index (χ4v) is 7.95. The van der Waals surface area contributed by atoms with Gasteiger partial charge in [-0.1, -0.05) is 6.07 Å². The second-order valence-corrected chi connectivity index (χ2v) is 14.2. The summed E-state index contributed by atoms with van der Waals surface area (Å²) in [6.45, 7) is 3.23. The number of carbonyl (C=O) groups excluding carboxylic acids is 3. The number of pyridine rings is 1. The van der Waals surface area contributed by atoms with Crippen LogP contribution in [0, 0.1) is 6.92 Å². The molecule has 2 aromatic heterocycles. The van der Waals surface area contributed by atoms with E-state index in [-0.39, 0.29) is 29.3 Å². The number of nitrogens with zero attached hydrogens (tertiary/aromatic N) is 3. The molecule has 222 valence electrons. The Kier molecular flexibility index (Phi) is 7.67. The van der Waals surface area contributed by atoms with Gasteiger partial charge in [0, 0.05) is 42.1 Å². The van der Waals surface area contributed by atoms with Crippen LogP contribution in [0.4, 0.5) is 4.39 Å². The zero-order valence-corrected chi connectivity index (χ0v) is 24.7. The lowest BCUT2D eigenvalue weighted by atomic mass is 9.89. The van der Waals surface area contributed by atoms with Crippen molar-refractivity contribution in [1.82, 2.24) is 20.1 Å². The van der Waals surface area contributed by atoms with Crippen molar-refractivity contribution in [3.63, 3.8) is 0 Å². The monoisotopic (exact) mass is 614 g/mol. The molecule has 0 bridgehead atoms. The average molecular weight is 615 g/mol. The first-order chi connectivity index (χ1) is 20.0. The van der Waals surface area contributed by atoms with Crippen molar-refractivity contribution in [3.8, 4) is 0 Å². The molecule has 4 atom stereocenters. The van der Waals surface area contributed by atoms with Gasteiger partial charge < -0.3 is 24.9 Å². The number of benzene rings is 1. The highest BCUT2D eigenvalue weighted by Crippen LogP contribution is 2.53. The number of halogens is 1. The average Bonchev–Trinajstić information content (AvgIpc) is 3.52. The number of alkyl halides is 1. The molecule has 10 nitrogen and oxygen atoms in total. The minimum atomic E-state index is -4.96. The highest BCUT2D eigenvalue weighted by atomic mass is 32.1. The van der Waals surface area contributed by atoms with Crippen molar-refractivity contribution in [3.05, 3.63) is 64.3 Å². The first-order valence-electron chi connectivity index (χ1n) is 14.1. The number of nitrogens with one attached hydrogen (secondary N) is 1. The lowest BCUT2D eigenvalue weighted by molar-refractivity contribution is -0.148. The van der Waals surface area contributed by atoms with Gasteiger partial charge in [0.05, 0.1) is 4.88 Å². The number of amides is 3. The van der Waals surface area contributed by atoms with E-state index >= 15 is 0 Å². The maximum absolute atomic E-state index is 14.2. The molecule has 0 spiro atoms. The summed E-state index contributed by atoms with van der Waals surface area (Å²) in [7, 11) is -4.96. The summed E-state index contributed by atoms with van der Waals surface area (Å²) in [5.74, 6) is -2.96. The van der Waals surface area contributed by atoms with E-state index in [1.807, 2.05) is 24.1 Å². The number of fused-ring (bicyclic) bond motifs is 2. The summed E-state index contributed by atoms with van der Waals surface area (Å²) in [4.78, 5) is 67.0. The summed E-state index contributed by atoms with van der Waals surface area (Å²) in [5.41, 5.74) is 2.12. The van der Waals surface area contributed by atoms with Gasteiger partial charge in [0.1, 0.15) is 12.1 Å². The molecule has 3 aromatic rings. The number of carbonyl (C=O) groups is 3. The van der Waals surface area contributed by atoms with Gasteiger partial charge in [-0.2, -0.15) is 0 Å². The molecule has 5 heterocycles. The van der Waals surface area contributed by atoms with Crippen LogP contribution in [-0.4, -0.2) is 73.5 Å². The largest absolute Gasteiger partial charge is 0.363 e. The predicted molar refractivity (Wildman–Crippen MR) is 155 cm³/mol. The number of likely N-dealkylation sites (tertiary alicyclic amines) is 1. The number of aryl methyl sites for hydroxylation is 1. The molecule has 3 saturated heterocycles. The number of thiophene rings is 1. The maximum atomic E-state index is 14.2. The van der Waals surface area contributed by atoms with Gasteiger partial charge in [-0.3, -0.25) is 23.9 Å². The first-order valence-corrected chi connectivity index (χ1v) is 16.6. The quantitative estimate of drug-likeness (QED) is 0.357. The molecule has 3 aliphatic rings. The normalized spacial score (nSPS) is 23.8. The van der Waals surface area contributed by atoms with Crippen LogP contribution in [0.1, 0.15) is 70.3 Å². The number of aromatic nitrogens is 1. The fourth-order valence-electron chi connectivity index (χ4n) is 6.45. The summed E-state index contributed by atoms with van der Waals surface area (Å²) in [6, 6.07) is 6.29. The van der Waals surface area contributed by atoms with Crippen molar-refractivity contribution in [2.75, 3.05) is 13.1 Å². The summed E-state index contributed by atoms with van der Waals surface area (Å²) in [6.07, 6.45) is 6.94. The van der Waals surface area contributed by atoms with Gasteiger partial charge in [0.2, 0.25) is 17.7 Å². The van der Waals surface area contributed by atoms with E-state index in [1.165, 1.54) is 24.3 Å². The maximum Gasteiger partial charge on any atom is 0.363 e. The van der Waals surface area contributed by atoms with E-state index in [4.69, 9.17) is 0 Å². The van der Waals surface area contributed by atoms with Gasteiger partial charge in [0.25, 0.3) is 5.91 Å². The van der Waals surface area contributed by atoms with Crippen molar-refractivity contribution in [2.45, 2.75) is 69.0 Å². The van der Waals surface area contributed by atoms with Gasteiger partial charge in [-0.05, 0) is 85.4 Å². The van der Waals surface area contributed by atoms with Crippen LogP contribution in [0.5, 0.6) is 0 Å². The molecule has 13 heteroatoms. The van der Waals surface area contributed by atoms with Gasteiger partial charge >= 0.3 is 7.60 Å². The molecule has 0 saturated carbocycles. The molecule has 0 aliphatic carbocycles. The van der Waals surface area contributed by atoms with Crippen LogP contribution in [0.25, 0.3) is 10.1 Å². The Morgan fingerprint density at radius 1 is 1.14 bits per heavy atom. The van der Waals surface area contributed by atoms with Crippen LogP contribution in [0.15, 0.2) is 42.7 Å². The van der Waals surface area contributed by atoms with E-state index < -0.39 is 31.5 Å². The summed E-state index contributed by atoms with van der Waals surface area (Å²) in [5, 5.41) is 3.34. The minimum absolute atomic E-state index is 0.0311. The highest BCUT2D eigenvalue weighted by molar-refractivity contribution is 7.51. The third-order valence-corrected chi connectivity index (χ3v) is 10.7. The van der Waals surface area contributed by atoms with Gasteiger partial charge in [-0.25, -0.2) is 4.39 Å². The molecule has 3 N–H and O–H groups in total. The summed E-state index contributed by atoms with van der Waals surface area (Å²) >= 11 is 1.15. The molecule has 0 unspecified atom stereocenters. The Bertz CT molecular complexity index is 1600. The summed E-state index contributed by atoms with van der Waals surface area (Å²) < 4.78 is 26.2. The van der Waals surface area contributed by atoms with Crippen LogP contribution in [0.3, 0.4) is 0 Å². The molecule has 3 aliphatic heterocycles.